The van der Waals surface area contributed by atoms with Crippen molar-refractivity contribution in [3.8, 4) is 39.8 Å². The van der Waals surface area contributed by atoms with Gasteiger partial charge in [0.15, 0.2) is 5.82 Å². The van der Waals surface area contributed by atoms with Crippen LogP contribution in [0.15, 0.2) is 131 Å². The van der Waals surface area contributed by atoms with E-state index in [0.717, 1.165) is 33.2 Å². The molecule has 0 radical (unpaired) electrons. The molecule has 0 saturated carbocycles. The molecule has 0 fully saturated rings. The molecule has 0 aliphatic carbocycles. The van der Waals surface area contributed by atoms with E-state index in [1.807, 2.05) is 109 Å². The van der Waals surface area contributed by atoms with E-state index in [9.17, 15) is 0 Å². The smallest absolute Gasteiger partial charge is 0.245 e. The van der Waals surface area contributed by atoms with Crippen LogP contribution in [0.5, 0.6) is 17.2 Å². The van der Waals surface area contributed by atoms with Crippen molar-refractivity contribution < 1.29 is 22.6 Å². The number of hydrogen-bond donors (Lipinski definition) is 0. The number of pyridine rings is 1. The molecule has 7 rings (SSSR count). The Hall–Kier alpha value is -5.63. The Kier molecular flexibility index (Phi) is 10.5. The maximum atomic E-state index is 15.5. The Morgan fingerprint density at radius 3 is 1.85 bits per heavy atom. The van der Waals surface area contributed by atoms with E-state index in [2.05, 4.69) is 36.4 Å². The Bertz CT molecular complexity index is 2420. The van der Waals surface area contributed by atoms with E-state index in [1.54, 1.807) is 38.3 Å². The summed E-state index contributed by atoms with van der Waals surface area (Å²) in [5, 5.41) is 13.8. The monoisotopic (exact) mass is 790 g/mol. The number of benzene rings is 5. The predicted molar refractivity (Wildman–Crippen MR) is 206 cm³/mol. The molecular weight excluding hydrogens is 756 g/mol. The fourth-order valence-corrected chi connectivity index (χ4v) is 8.83. The van der Waals surface area contributed by atoms with Crippen molar-refractivity contribution in [3.63, 3.8) is 0 Å². The number of sulfonamides is 1. The number of fused-ring (bicyclic) bond motifs is 1. The average molecular weight is 792 g/mol. The highest BCUT2D eigenvalue weighted by Crippen LogP contribution is 2.43. The summed E-state index contributed by atoms with van der Waals surface area (Å²) in [6, 6.07) is 35.6. The summed E-state index contributed by atoms with van der Waals surface area (Å²) in [5.74, 6) is 2.34. The molecule has 0 atom stereocenters. The van der Waals surface area contributed by atoms with Crippen LogP contribution >= 0.6 is 15.9 Å². The molecule has 268 valence electrons. The summed E-state index contributed by atoms with van der Waals surface area (Å²) in [6.45, 7) is 0.420. The predicted octanol–water partition coefficient (Wildman–Crippen LogP) is 7.78. The zero-order valence-corrected chi connectivity index (χ0v) is 31.6. The van der Waals surface area contributed by atoms with Crippen LogP contribution in [0.2, 0.25) is 0 Å². The second-order valence-electron chi connectivity index (χ2n) is 12.2. The second-order valence-corrected chi connectivity index (χ2v) is 14.9. The standard InChI is InChI=1S/C40H35BrN6O5S/c1-50-30-15-9-27(10-16-30)24-46(25-28-11-17-31(51-2)18-12-28)53(48,49)39-36(41)22-21-35(33-6-4-8-37-34(33)7-5-23-42-37)38(39)40-43-44-45-47(40)26-29-13-19-32(52-3)20-14-29/h4-23H,24-26H2,1-3H3. The van der Waals surface area contributed by atoms with Gasteiger partial charge in [-0.25, -0.2) is 13.1 Å². The minimum Gasteiger partial charge on any atom is -0.497 e. The van der Waals surface area contributed by atoms with Crippen LogP contribution in [0.1, 0.15) is 16.7 Å². The van der Waals surface area contributed by atoms with Crippen molar-refractivity contribution in [2.24, 2.45) is 0 Å². The number of rotatable bonds is 13. The summed E-state index contributed by atoms with van der Waals surface area (Å²) in [5.41, 5.74) is 4.98. The molecule has 13 heteroatoms. The second kappa shape index (κ2) is 15.5. The van der Waals surface area contributed by atoms with E-state index in [1.165, 1.54) is 4.31 Å². The van der Waals surface area contributed by atoms with Gasteiger partial charge in [0.25, 0.3) is 0 Å². The van der Waals surface area contributed by atoms with Crippen molar-refractivity contribution in [1.29, 1.82) is 0 Å². The molecule has 53 heavy (non-hydrogen) atoms. The van der Waals surface area contributed by atoms with Gasteiger partial charge in [0.1, 0.15) is 22.1 Å². The molecule has 0 unspecified atom stereocenters. The van der Waals surface area contributed by atoms with Crippen LogP contribution in [-0.2, 0) is 29.7 Å². The van der Waals surface area contributed by atoms with Crippen molar-refractivity contribution in [2.45, 2.75) is 24.5 Å². The first-order valence-electron chi connectivity index (χ1n) is 16.6. The number of ether oxygens (including phenoxy) is 3. The topological polar surface area (TPSA) is 122 Å². The number of methoxy groups -OCH3 is 3. The summed E-state index contributed by atoms with van der Waals surface area (Å²) < 4.78 is 50.4. The maximum absolute atomic E-state index is 15.5. The van der Waals surface area contributed by atoms with Crippen molar-refractivity contribution in [1.82, 2.24) is 29.5 Å². The minimum atomic E-state index is -4.32. The van der Waals surface area contributed by atoms with Gasteiger partial charge in [-0.1, -0.05) is 60.7 Å². The first-order chi connectivity index (χ1) is 25.8. The summed E-state index contributed by atoms with van der Waals surface area (Å²) in [4.78, 5) is 4.60. The molecule has 2 aromatic heterocycles. The van der Waals surface area contributed by atoms with Gasteiger partial charge in [0.05, 0.1) is 33.4 Å². The lowest BCUT2D eigenvalue weighted by Gasteiger charge is -2.26. The summed E-state index contributed by atoms with van der Waals surface area (Å²) in [7, 11) is 0.482. The molecule has 5 aromatic carbocycles. The largest absolute Gasteiger partial charge is 0.497 e. The fourth-order valence-electron chi connectivity index (χ4n) is 6.21. The first-order valence-corrected chi connectivity index (χ1v) is 18.8. The van der Waals surface area contributed by atoms with Gasteiger partial charge in [-0.15, -0.1) is 5.10 Å². The van der Waals surface area contributed by atoms with Gasteiger partial charge in [-0.3, -0.25) is 4.98 Å². The van der Waals surface area contributed by atoms with Crippen LogP contribution in [-0.4, -0.2) is 59.2 Å². The highest BCUT2D eigenvalue weighted by Gasteiger charge is 2.34. The molecule has 0 amide bonds. The van der Waals surface area contributed by atoms with Crippen LogP contribution in [0.4, 0.5) is 0 Å². The number of nitrogens with zero attached hydrogens (tertiary/aromatic N) is 6. The van der Waals surface area contributed by atoms with Crippen LogP contribution < -0.4 is 14.2 Å². The van der Waals surface area contributed by atoms with Gasteiger partial charge >= 0.3 is 0 Å². The molecule has 2 heterocycles. The third-order valence-electron chi connectivity index (χ3n) is 8.93. The van der Waals surface area contributed by atoms with Crippen molar-refractivity contribution in [2.75, 3.05) is 21.3 Å². The number of hydrogen-bond acceptors (Lipinski definition) is 9. The Labute approximate surface area is 316 Å². The SMILES string of the molecule is COc1ccc(CN(Cc2ccc(OC)cc2)S(=O)(=O)c2c(Br)ccc(-c3cccc4ncccc34)c2-c2nnnn2Cc2ccc(OC)cc2)cc1. The van der Waals surface area contributed by atoms with Crippen LogP contribution in [0, 0.1) is 0 Å². The molecular formula is C40H35BrN6O5S. The fraction of sp³-hybridized carbons (Fsp3) is 0.150. The van der Waals surface area contributed by atoms with E-state index in [4.69, 9.17) is 14.2 Å². The lowest BCUT2D eigenvalue weighted by atomic mass is 9.95. The van der Waals surface area contributed by atoms with E-state index in [-0.39, 0.29) is 30.4 Å². The van der Waals surface area contributed by atoms with Crippen LogP contribution in [0.3, 0.4) is 0 Å². The normalized spacial score (nSPS) is 11.6. The molecule has 0 N–H and O–H groups in total. The molecule has 0 bridgehead atoms. The molecule has 0 spiro atoms. The quantitative estimate of drug-likeness (QED) is 0.115. The Morgan fingerprint density at radius 1 is 0.679 bits per heavy atom. The van der Waals surface area contributed by atoms with Gasteiger partial charge in [0, 0.05) is 34.7 Å². The van der Waals surface area contributed by atoms with E-state index < -0.39 is 10.0 Å². The van der Waals surface area contributed by atoms with E-state index in [0.29, 0.717) is 32.8 Å². The summed E-state index contributed by atoms with van der Waals surface area (Å²) in [6.07, 6.45) is 1.73. The van der Waals surface area contributed by atoms with E-state index >= 15 is 8.42 Å². The maximum Gasteiger partial charge on any atom is 0.245 e. The van der Waals surface area contributed by atoms with Crippen molar-refractivity contribution >= 4 is 36.9 Å². The lowest BCUT2D eigenvalue weighted by Crippen LogP contribution is -2.31. The Balaban J connectivity index is 1.44. The molecule has 0 aliphatic heterocycles. The molecule has 11 nitrogen and oxygen atoms in total. The van der Waals surface area contributed by atoms with Gasteiger partial charge in [0.2, 0.25) is 10.0 Å². The number of aromatic nitrogens is 5. The first kappa shape index (κ1) is 35.8. The third-order valence-corrected chi connectivity index (χ3v) is 11.7. The third kappa shape index (κ3) is 7.49. The van der Waals surface area contributed by atoms with Gasteiger partial charge < -0.3 is 14.2 Å². The average Bonchev–Trinajstić information content (AvgIpc) is 3.65. The highest BCUT2D eigenvalue weighted by molar-refractivity contribution is 9.10. The molecule has 0 saturated heterocycles. The zero-order chi connectivity index (χ0) is 37.0. The minimum absolute atomic E-state index is 0.0312. The van der Waals surface area contributed by atoms with Crippen molar-refractivity contribution in [3.05, 3.63) is 143 Å². The zero-order valence-electron chi connectivity index (χ0n) is 29.2. The lowest BCUT2D eigenvalue weighted by molar-refractivity contribution is 0.397. The number of halogens is 1. The number of tetrazole rings is 1. The molecule has 7 aromatic rings. The highest BCUT2D eigenvalue weighted by atomic mass is 79.9. The van der Waals surface area contributed by atoms with Crippen LogP contribution in [0.25, 0.3) is 33.4 Å². The Morgan fingerprint density at radius 2 is 1.26 bits per heavy atom. The van der Waals surface area contributed by atoms with Gasteiger partial charge in [-0.05, 0) is 109 Å². The molecule has 0 aliphatic rings. The summed E-state index contributed by atoms with van der Waals surface area (Å²) >= 11 is 3.67. The van der Waals surface area contributed by atoms with Gasteiger partial charge in [-0.2, -0.15) is 4.31 Å².